The normalized spacial score (nSPS) is 16.9. The van der Waals surface area contributed by atoms with Crippen LogP contribution in [0.25, 0.3) is 5.52 Å². The minimum absolute atomic E-state index is 0.718. The number of anilines is 2. The highest BCUT2D eigenvalue weighted by Gasteiger charge is 2.14. The number of hydrogen-bond acceptors (Lipinski definition) is 4. The molecule has 5 nitrogen and oxygen atoms in total. The zero-order valence-electron chi connectivity index (χ0n) is 8.97. The lowest BCUT2D eigenvalue weighted by Crippen LogP contribution is -2.37. The van der Waals surface area contributed by atoms with Crippen LogP contribution in [0.3, 0.4) is 0 Å². The molecule has 0 atom stereocenters. The Bertz CT molecular complexity index is 502. The van der Waals surface area contributed by atoms with Crippen LogP contribution in [0.15, 0.2) is 24.4 Å². The third-order valence-corrected chi connectivity index (χ3v) is 2.89. The molecule has 3 rings (SSSR count). The number of nitrogens with zero attached hydrogens (tertiary/aromatic N) is 3. The molecule has 0 spiro atoms. The molecule has 0 amide bonds. The molecule has 1 aliphatic heterocycles. The average molecular weight is 218 g/mol. The number of nitrogen functional groups attached to an aromatic ring is 1. The Morgan fingerprint density at radius 2 is 2.06 bits per heavy atom. The van der Waals surface area contributed by atoms with Crippen molar-refractivity contribution in [2.24, 2.45) is 0 Å². The van der Waals surface area contributed by atoms with E-state index >= 15 is 0 Å². The van der Waals surface area contributed by atoms with Crippen molar-refractivity contribution in [1.29, 1.82) is 0 Å². The van der Waals surface area contributed by atoms with Crippen LogP contribution in [0.1, 0.15) is 0 Å². The molecule has 2 aromatic rings. The standard InChI is InChI=1S/C11H14N4O/c12-9-8-13-15-10(9)2-1-3-11(15)14-4-6-16-7-5-14/h1-3,8H,4-7,12H2. The number of morpholine rings is 1. The van der Waals surface area contributed by atoms with Gasteiger partial charge in [-0.05, 0) is 12.1 Å². The minimum Gasteiger partial charge on any atom is -0.396 e. The summed E-state index contributed by atoms with van der Waals surface area (Å²) in [6.07, 6.45) is 1.69. The highest BCUT2D eigenvalue weighted by molar-refractivity contribution is 5.71. The Kier molecular flexibility index (Phi) is 2.18. The summed E-state index contributed by atoms with van der Waals surface area (Å²) in [5.41, 5.74) is 7.53. The van der Waals surface area contributed by atoms with Gasteiger partial charge < -0.3 is 15.4 Å². The molecule has 84 valence electrons. The van der Waals surface area contributed by atoms with Gasteiger partial charge in [0.15, 0.2) is 0 Å². The number of pyridine rings is 1. The summed E-state index contributed by atoms with van der Waals surface area (Å²) in [6.45, 7) is 3.35. The van der Waals surface area contributed by atoms with Crippen LogP contribution < -0.4 is 10.6 Å². The molecule has 0 aromatic carbocycles. The quantitative estimate of drug-likeness (QED) is 0.767. The molecule has 0 radical (unpaired) electrons. The summed E-state index contributed by atoms with van der Waals surface area (Å²) in [5.74, 6) is 1.08. The number of hydrogen-bond donors (Lipinski definition) is 1. The van der Waals surface area contributed by atoms with Gasteiger partial charge in [-0.25, -0.2) is 4.52 Å². The van der Waals surface area contributed by atoms with Gasteiger partial charge in [-0.15, -0.1) is 0 Å². The fourth-order valence-electron chi connectivity index (χ4n) is 2.05. The molecule has 5 heteroatoms. The second kappa shape index (κ2) is 3.68. The van der Waals surface area contributed by atoms with Crippen molar-refractivity contribution in [3.05, 3.63) is 24.4 Å². The molecule has 0 unspecified atom stereocenters. The van der Waals surface area contributed by atoms with Crippen LogP contribution in [0.5, 0.6) is 0 Å². The highest BCUT2D eigenvalue weighted by Crippen LogP contribution is 2.21. The van der Waals surface area contributed by atoms with Gasteiger partial charge in [-0.1, -0.05) is 6.07 Å². The number of fused-ring (bicyclic) bond motifs is 1. The van der Waals surface area contributed by atoms with Gasteiger partial charge in [0.25, 0.3) is 0 Å². The third-order valence-electron chi connectivity index (χ3n) is 2.89. The van der Waals surface area contributed by atoms with E-state index in [2.05, 4.69) is 16.1 Å². The largest absolute Gasteiger partial charge is 0.396 e. The Hall–Kier alpha value is -1.75. The maximum Gasteiger partial charge on any atom is 0.130 e. The fraction of sp³-hybridized carbons (Fsp3) is 0.364. The van der Waals surface area contributed by atoms with Crippen molar-refractivity contribution in [2.45, 2.75) is 0 Å². The van der Waals surface area contributed by atoms with Crippen LogP contribution in [-0.2, 0) is 4.74 Å². The molecule has 0 saturated carbocycles. The Balaban J connectivity index is 2.08. The lowest BCUT2D eigenvalue weighted by Gasteiger charge is -2.28. The predicted molar refractivity (Wildman–Crippen MR) is 62.6 cm³/mol. The Morgan fingerprint density at radius 1 is 1.25 bits per heavy atom. The smallest absolute Gasteiger partial charge is 0.130 e. The number of rotatable bonds is 1. The molecule has 16 heavy (non-hydrogen) atoms. The zero-order valence-corrected chi connectivity index (χ0v) is 8.97. The molecular weight excluding hydrogens is 204 g/mol. The van der Waals surface area contributed by atoms with E-state index in [0.29, 0.717) is 0 Å². The second-order valence-electron chi connectivity index (χ2n) is 3.88. The van der Waals surface area contributed by atoms with Gasteiger partial charge in [-0.3, -0.25) is 0 Å². The van der Waals surface area contributed by atoms with Gasteiger partial charge in [0.05, 0.1) is 30.6 Å². The van der Waals surface area contributed by atoms with Crippen molar-refractivity contribution in [3.8, 4) is 0 Å². The first-order valence-corrected chi connectivity index (χ1v) is 5.41. The van der Waals surface area contributed by atoms with Crippen molar-refractivity contribution in [2.75, 3.05) is 36.9 Å². The number of ether oxygens (including phenoxy) is 1. The van der Waals surface area contributed by atoms with Crippen molar-refractivity contribution in [1.82, 2.24) is 9.61 Å². The first-order chi connectivity index (χ1) is 7.86. The molecule has 2 N–H and O–H groups in total. The molecule has 0 aliphatic carbocycles. The van der Waals surface area contributed by atoms with E-state index in [1.165, 1.54) is 0 Å². The second-order valence-corrected chi connectivity index (χ2v) is 3.88. The summed E-state index contributed by atoms with van der Waals surface area (Å²) in [7, 11) is 0. The molecular formula is C11H14N4O. The number of nitrogens with two attached hydrogens (primary N) is 1. The van der Waals surface area contributed by atoms with E-state index in [1.54, 1.807) is 6.20 Å². The summed E-state index contributed by atoms with van der Waals surface area (Å²) in [5, 5.41) is 4.30. The zero-order chi connectivity index (χ0) is 11.0. The van der Waals surface area contributed by atoms with E-state index in [1.807, 2.05) is 16.6 Å². The van der Waals surface area contributed by atoms with Gasteiger partial charge >= 0.3 is 0 Å². The van der Waals surface area contributed by atoms with Gasteiger partial charge in [0, 0.05) is 13.1 Å². The summed E-state index contributed by atoms with van der Waals surface area (Å²) >= 11 is 0. The van der Waals surface area contributed by atoms with E-state index in [9.17, 15) is 0 Å². The predicted octanol–water partition coefficient (Wildman–Crippen LogP) is 0.753. The van der Waals surface area contributed by atoms with Gasteiger partial charge in [0.1, 0.15) is 5.82 Å². The van der Waals surface area contributed by atoms with Gasteiger partial charge in [0.2, 0.25) is 0 Å². The Morgan fingerprint density at radius 3 is 2.88 bits per heavy atom. The van der Waals surface area contributed by atoms with E-state index in [0.717, 1.165) is 43.3 Å². The average Bonchev–Trinajstić information content (AvgIpc) is 2.73. The maximum atomic E-state index is 5.85. The monoisotopic (exact) mass is 218 g/mol. The van der Waals surface area contributed by atoms with Crippen molar-refractivity contribution < 1.29 is 4.74 Å². The molecule has 1 aliphatic rings. The van der Waals surface area contributed by atoms with Crippen LogP contribution >= 0.6 is 0 Å². The molecule has 3 heterocycles. The van der Waals surface area contributed by atoms with E-state index < -0.39 is 0 Å². The van der Waals surface area contributed by atoms with Crippen molar-refractivity contribution in [3.63, 3.8) is 0 Å². The maximum absolute atomic E-state index is 5.85. The summed E-state index contributed by atoms with van der Waals surface area (Å²) in [6, 6.07) is 6.05. The van der Waals surface area contributed by atoms with Crippen LogP contribution in [0.4, 0.5) is 11.5 Å². The van der Waals surface area contributed by atoms with Crippen LogP contribution in [0, 0.1) is 0 Å². The fourth-order valence-corrected chi connectivity index (χ4v) is 2.05. The molecule has 2 aromatic heterocycles. The lowest BCUT2D eigenvalue weighted by molar-refractivity contribution is 0.122. The molecule has 1 fully saturated rings. The first kappa shape index (κ1) is 9.47. The summed E-state index contributed by atoms with van der Waals surface area (Å²) < 4.78 is 7.23. The first-order valence-electron chi connectivity index (χ1n) is 5.41. The van der Waals surface area contributed by atoms with Crippen LogP contribution in [0.2, 0.25) is 0 Å². The molecule has 1 saturated heterocycles. The topological polar surface area (TPSA) is 55.8 Å². The van der Waals surface area contributed by atoms with Crippen LogP contribution in [-0.4, -0.2) is 35.9 Å². The minimum atomic E-state index is 0.718. The van der Waals surface area contributed by atoms with E-state index in [4.69, 9.17) is 10.5 Å². The van der Waals surface area contributed by atoms with Crippen molar-refractivity contribution >= 4 is 17.0 Å². The lowest BCUT2D eigenvalue weighted by atomic mass is 10.3. The SMILES string of the molecule is Nc1cnn2c(N3CCOCC3)cccc12. The van der Waals surface area contributed by atoms with E-state index in [-0.39, 0.29) is 0 Å². The highest BCUT2D eigenvalue weighted by atomic mass is 16.5. The van der Waals surface area contributed by atoms with Gasteiger partial charge in [-0.2, -0.15) is 5.10 Å². The number of aromatic nitrogens is 2. The third kappa shape index (κ3) is 1.40. The molecule has 0 bridgehead atoms. The Labute approximate surface area is 93.4 Å². The summed E-state index contributed by atoms with van der Waals surface area (Å²) in [4.78, 5) is 2.27.